The lowest BCUT2D eigenvalue weighted by molar-refractivity contribution is -0.126. The van der Waals surface area contributed by atoms with E-state index in [1.165, 1.54) is 16.7 Å². The first-order valence-corrected chi connectivity index (χ1v) is 8.92. The van der Waals surface area contributed by atoms with Gasteiger partial charge in [0.15, 0.2) is 0 Å². The van der Waals surface area contributed by atoms with Crippen LogP contribution < -0.4 is 10.2 Å². The molecule has 1 aromatic carbocycles. The maximum Gasteiger partial charge on any atom is 0.223 e. The molecule has 2 aromatic rings. The molecule has 0 spiro atoms. The van der Waals surface area contributed by atoms with Gasteiger partial charge >= 0.3 is 0 Å². The second kappa shape index (κ2) is 7.64. The predicted molar refractivity (Wildman–Crippen MR) is 99.4 cm³/mol. The molecule has 132 valence electrons. The van der Waals surface area contributed by atoms with E-state index in [9.17, 15) is 4.79 Å². The smallest absolute Gasteiger partial charge is 0.223 e. The number of hydrogen-bond acceptors (Lipinski definition) is 4. The summed E-state index contributed by atoms with van der Waals surface area (Å²) in [7, 11) is 0. The molecule has 1 fully saturated rings. The Kier molecular flexibility index (Phi) is 5.31. The van der Waals surface area contributed by atoms with Crippen LogP contribution in [0, 0.1) is 19.8 Å². The number of rotatable bonds is 4. The molecule has 3 rings (SSSR count). The first kappa shape index (κ1) is 17.4. The van der Waals surface area contributed by atoms with Gasteiger partial charge in [-0.15, -0.1) is 0 Å². The number of piperidine rings is 1. The highest BCUT2D eigenvalue weighted by atomic mass is 16.1. The topological polar surface area (TPSA) is 58.1 Å². The average Bonchev–Trinajstić information content (AvgIpc) is 2.61. The van der Waals surface area contributed by atoms with Crippen LogP contribution in [-0.4, -0.2) is 29.0 Å². The molecule has 5 nitrogen and oxygen atoms in total. The fourth-order valence-electron chi connectivity index (χ4n) is 3.50. The molecule has 1 aromatic heterocycles. The molecule has 0 aliphatic carbocycles. The van der Waals surface area contributed by atoms with Crippen molar-refractivity contribution in [1.29, 1.82) is 0 Å². The minimum absolute atomic E-state index is 0.0316. The standard InChI is InChI=1S/C20H26N4O/c1-14-10-15(2)12-18(11-14)16(3)23-20(25)17-4-8-24(9-5-17)19-13-21-6-7-22-19/h6-7,10-13,16-17H,4-5,8-9H2,1-3H3,(H,23,25). The number of anilines is 1. The van der Waals surface area contributed by atoms with Gasteiger partial charge in [0.25, 0.3) is 0 Å². The van der Waals surface area contributed by atoms with Crippen molar-refractivity contribution in [2.45, 2.75) is 39.7 Å². The van der Waals surface area contributed by atoms with Crippen LogP contribution in [0.15, 0.2) is 36.8 Å². The van der Waals surface area contributed by atoms with Crippen LogP contribution >= 0.6 is 0 Å². The predicted octanol–water partition coefficient (Wildman–Crippen LogP) is 3.19. The quantitative estimate of drug-likeness (QED) is 0.930. The molecule has 2 heterocycles. The zero-order chi connectivity index (χ0) is 17.8. The number of aryl methyl sites for hydroxylation is 2. The van der Waals surface area contributed by atoms with Crippen molar-refractivity contribution in [2.75, 3.05) is 18.0 Å². The summed E-state index contributed by atoms with van der Waals surface area (Å²) in [6, 6.07) is 6.48. The molecule has 1 saturated heterocycles. The fourth-order valence-corrected chi connectivity index (χ4v) is 3.50. The van der Waals surface area contributed by atoms with E-state index in [0.717, 1.165) is 31.7 Å². The molecule has 1 aliphatic rings. The summed E-state index contributed by atoms with van der Waals surface area (Å²) in [5, 5.41) is 3.19. The first-order valence-electron chi connectivity index (χ1n) is 8.92. The molecule has 1 unspecified atom stereocenters. The Morgan fingerprint density at radius 1 is 1.16 bits per heavy atom. The summed E-state index contributed by atoms with van der Waals surface area (Å²) >= 11 is 0. The Bertz CT molecular complexity index is 703. The van der Waals surface area contributed by atoms with Crippen LogP contribution in [0.4, 0.5) is 5.82 Å². The van der Waals surface area contributed by atoms with Crippen LogP contribution in [0.25, 0.3) is 0 Å². The van der Waals surface area contributed by atoms with Gasteiger partial charge in [0.05, 0.1) is 12.2 Å². The maximum atomic E-state index is 12.6. The number of nitrogens with one attached hydrogen (secondary N) is 1. The van der Waals surface area contributed by atoms with E-state index in [2.05, 4.69) is 59.2 Å². The van der Waals surface area contributed by atoms with Crippen LogP contribution in [-0.2, 0) is 4.79 Å². The zero-order valence-corrected chi connectivity index (χ0v) is 15.2. The monoisotopic (exact) mass is 338 g/mol. The fraction of sp³-hybridized carbons (Fsp3) is 0.450. The molecule has 0 saturated carbocycles. The van der Waals surface area contributed by atoms with Gasteiger partial charge in [-0.25, -0.2) is 4.98 Å². The van der Waals surface area contributed by atoms with Gasteiger partial charge < -0.3 is 10.2 Å². The molecular weight excluding hydrogens is 312 g/mol. The Morgan fingerprint density at radius 3 is 2.44 bits per heavy atom. The highest BCUT2D eigenvalue weighted by Gasteiger charge is 2.26. The van der Waals surface area contributed by atoms with Gasteiger partial charge in [0.2, 0.25) is 5.91 Å². The van der Waals surface area contributed by atoms with E-state index in [4.69, 9.17) is 0 Å². The number of benzene rings is 1. The van der Waals surface area contributed by atoms with Crippen molar-refractivity contribution in [1.82, 2.24) is 15.3 Å². The number of aromatic nitrogens is 2. The van der Waals surface area contributed by atoms with Gasteiger partial charge in [0.1, 0.15) is 5.82 Å². The Hall–Kier alpha value is -2.43. The summed E-state index contributed by atoms with van der Waals surface area (Å²) in [6.45, 7) is 7.92. The zero-order valence-electron chi connectivity index (χ0n) is 15.2. The van der Waals surface area contributed by atoms with Crippen molar-refractivity contribution in [3.05, 3.63) is 53.5 Å². The van der Waals surface area contributed by atoms with Gasteiger partial charge in [-0.2, -0.15) is 0 Å². The van der Waals surface area contributed by atoms with Gasteiger partial charge in [-0.1, -0.05) is 29.3 Å². The third-order valence-electron chi connectivity index (χ3n) is 4.84. The Labute approximate surface area is 149 Å². The minimum Gasteiger partial charge on any atom is -0.355 e. The molecule has 1 amide bonds. The summed E-state index contributed by atoms with van der Waals surface area (Å²) in [4.78, 5) is 23.3. The lowest BCUT2D eigenvalue weighted by Crippen LogP contribution is -2.41. The number of amides is 1. The van der Waals surface area contributed by atoms with Crippen molar-refractivity contribution < 1.29 is 4.79 Å². The Morgan fingerprint density at radius 2 is 1.84 bits per heavy atom. The van der Waals surface area contributed by atoms with Crippen LogP contribution in [0.1, 0.15) is 42.5 Å². The number of carbonyl (C=O) groups is 1. The lowest BCUT2D eigenvalue weighted by atomic mass is 9.95. The summed E-state index contributed by atoms with van der Waals surface area (Å²) in [5.41, 5.74) is 3.63. The van der Waals surface area contributed by atoms with Crippen molar-refractivity contribution >= 4 is 11.7 Å². The Balaban J connectivity index is 1.56. The van der Waals surface area contributed by atoms with Gasteiger partial charge in [0, 0.05) is 31.4 Å². The number of hydrogen-bond donors (Lipinski definition) is 1. The van der Waals surface area contributed by atoms with Crippen molar-refractivity contribution in [3.8, 4) is 0 Å². The molecule has 5 heteroatoms. The third-order valence-corrected chi connectivity index (χ3v) is 4.84. The van der Waals surface area contributed by atoms with E-state index in [1.807, 2.05) is 0 Å². The highest BCUT2D eigenvalue weighted by molar-refractivity contribution is 5.79. The van der Waals surface area contributed by atoms with E-state index in [0.29, 0.717) is 0 Å². The highest BCUT2D eigenvalue weighted by Crippen LogP contribution is 2.23. The van der Waals surface area contributed by atoms with Gasteiger partial charge in [-0.05, 0) is 39.2 Å². The number of carbonyl (C=O) groups excluding carboxylic acids is 1. The normalized spacial score (nSPS) is 16.5. The van der Waals surface area contributed by atoms with E-state index < -0.39 is 0 Å². The molecule has 1 N–H and O–H groups in total. The summed E-state index contributed by atoms with van der Waals surface area (Å²) in [6.07, 6.45) is 6.87. The second-order valence-electron chi connectivity index (χ2n) is 6.98. The van der Waals surface area contributed by atoms with E-state index in [1.54, 1.807) is 18.6 Å². The molecule has 25 heavy (non-hydrogen) atoms. The molecule has 0 radical (unpaired) electrons. The van der Waals surface area contributed by atoms with Crippen LogP contribution in [0.2, 0.25) is 0 Å². The van der Waals surface area contributed by atoms with Gasteiger partial charge in [-0.3, -0.25) is 9.78 Å². The summed E-state index contributed by atoms with van der Waals surface area (Å²) in [5.74, 6) is 1.12. The molecule has 0 bridgehead atoms. The maximum absolute atomic E-state index is 12.6. The lowest BCUT2D eigenvalue weighted by Gasteiger charge is -2.32. The van der Waals surface area contributed by atoms with Crippen molar-refractivity contribution in [3.63, 3.8) is 0 Å². The minimum atomic E-state index is 0.0316. The van der Waals surface area contributed by atoms with Crippen molar-refractivity contribution in [2.24, 2.45) is 5.92 Å². The van der Waals surface area contributed by atoms with E-state index in [-0.39, 0.29) is 17.9 Å². The third kappa shape index (κ3) is 4.35. The average molecular weight is 338 g/mol. The summed E-state index contributed by atoms with van der Waals surface area (Å²) < 4.78 is 0. The second-order valence-corrected chi connectivity index (χ2v) is 6.98. The molecule has 1 atom stereocenters. The first-order chi connectivity index (χ1) is 12.0. The van der Waals surface area contributed by atoms with Crippen LogP contribution in [0.3, 0.4) is 0 Å². The molecular formula is C20H26N4O. The van der Waals surface area contributed by atoms with Crippen LogP contribution in [0.5, 0.6) is 0 Å². The molecule has 1 aliphatic heterocycles. The largest absolute Gasteiger partial charge is 0.355 e. The van der Waals surface area contributed by atoms with E-state index >= 15 is 0 Å². The number of nitrogens with zero attached hydrogens (tertiary/aromatic N) is 3. The SMILES string of the molecule is Cc1cc(C)cc(C(C)NC(=O)C2CCN(c3cnccn3)CC2)c1.